The number of rotatable bonds is 4. The summed E-state index contributed by atoms with van der Waals surface area (Å²) in [6, 6.07) is 0.319. The molecule has 1 fully saturated rings. The number of hydrogen-bond donors (Lipinski definition) is 2. The van der Waals surface area contributed by atoms with E-state index in [4.69, 9.17) is 5.84 Å². The van der Waals surface area contributed by atoms with Crippen LogP contribution < -0.4 is 11.3 Å². The van der Waals surface area contributed by atoms with Crippen LogP contribution in [0.1, 0.15) is 43.3 Å². The fraction of sp³-hybridized carbons (Fsp3) is 0.786. The average molecular weight is 267 g/mol. The molecular formula is C14H25N3S. The summed E-state index contributed by atoms with van der Waals surface area (Å²) in [7, 11) is 0. The van der Waals surface area contributed by atoms with E-state index in [1.54, 1.807) is 11.3 Å². The van der Waals surface area contributed by atoms with Gasteiger partial charge in [-0.25, -0.2) is 4.98 Å². The number of hydrogen-bond acceptors (Lipinski definition) is 4. The second-order valence-corrected chi connectivity index (χ2v) is 7.94. The van der Waals surface area contributed by atoms with E-state index in [0.29, 0.717) is 22.8 Å². The maximum absolute atomic E-state index is 5.78. The van der Waals surface area contributed by atoms with Crippen LogP contribution in [0.3, 0.4) is 0 Å². The van der Waals surface area contributed by atoms with Crippen molar-refractivity contribution in [2.75, 3.05) is 0 Å². The number of thiazole rings is 1. The quantitative estimate of drug-likeness (QED) is 0.651. The Balaban J connectivity index is 2.12. The molecule has 0 spiro atoms. The highest BCUT2D eigenvalue weighted by Gasteiger charge is 2.66. The molecule has 1 saturated carbocycles. The van der Waals surface area contributed by atoms with Crippen molar-refractivity contribution < 1.29 is 0 Å². The smallest absolute Gasteiger partial charge is 0.0947 e. The Morgan fingerprint density at radius 1 is 1.28 bits per heavy atom. The number of nitrogens with one attached hydrogen (secondary N) is 1. The van der Waals surface area contributed by atoms with Gasteiger partial charge in [0.25, 0.3) is 0 Å². The molecule has 3 nitrogen and oxygen atoms in total. The highest BCUT2D eigenvalue weighted by atomic mass is 32.1. The lowest BCUT2D eigenvalue weighted by Gasteiger charge is -2.16. The van der Waals surface area contributed by atoms with E-state index in [1.165, 1.54) is 9.88 Å². The van der Waals surface area contributed by atoms with Gasteiger partial charge < -0.3 is 0 Å². The molecule has 102 valence electrons. The van der Waals surface area contributed by atoms with E-state index in [9.17, 15) is 0 Å². The Kier molecular flexibility index (Phi) is 3.33. The van der Waals surface area contributed by atoms with E-state index in [-0.39, 0.29) is 0 Å². The van der Waals surface area contributed by atoms with E-state index < -0.39 is 0 Å². The summed E-state index contributed by atoms with van der Waals surface area (Å²) in [5.41, 5.74) is 4.88. The first-order chi connectivity index (χ1) is 8.21. The standard InChI is InChI=1S/C14H25N3S/c1-8-9(2)18-11(16-8)7-10(17-15)12-13(3,4)14(12,5)6/h10,12,17H,7,15H2,1-6H3. The van der Waals surface area contributed by atoms with Crippen molar-refractivity contribution in [1.29, 1.82) is 0 Å². The van der Waals surface area contributed by atoms with Crippen LogP contribution in [0.4, 0.5) is 0 Å². The molecule has 1 aromatic heterocycles. The van der Waals surface area contributed by atoms with E-state index in [2.05, 4.69) is 52.0 Å². The normalized spacial score (nSPS) is 23.1. The Hall–Kier alpha value is -0.450. The summed E-state index contributed by atoms with van der Waals surface area (Å²) in [5, 5.41) is 1.20. The lowest BCUT2D eigenvalue weighted by atomic mass is 10.0. The highest BCUT2D eigenvalue weighted by molar-refractivity contribution is 7.11. The fourth-order valence-electron chi connectivity index (χ4n) is 3.34. The second-order valence-electron chi connectivity index (χ2n) is 6.65. The summed E-state index contributed by atoms with van der Waals surface area (Å²) >= 11 is 1.80. The van der Waals surface area contributed by atoms with Crippen molar-refractivity contribution in [1.82, 2.24) is 10.4 Å². The van der Waals surface area contributed by atoms with Gasteiger partial charge in [-0.1, -0.05) is 27.7 Å². The van der Waals surface area contributed by atoms with Crippen LogP contribution in [0.15, 0.2) is 0 Å². The van der Waals surface area contributed by atoms with Gasteiger partial charge in [0.1, 0.15) is 0 Å². The highest BCUT2D eigenvalue weighted by Crippen LogP contribution is 2.69. The molecule has 4 heteroatoms. The van der Waals surface area contributed by atoms with Crippen molar-refractivity contribution in [3.8, 4) is 0 Å². The predicted octanol–water partition coefficient (Wildman–Crippen LogP) is 2.82. The third-order valence-corrected chi connectivity index (χ3v) is 6.31. The van der Waals surface area contributed by atoms with Gasteiger partial charge in [0, 0.05) is 17.3 Å². The Bertz CT molecular complexity index is 414. The first kappa shape index (κ1) is 14.0. The maximum atomic E-state index is 5.78. The van der Waals surface area contributed by atoms with Crippen molar-refractivity contribution in [2.45, 2.75) is 54.0 Å². The zero-order chi connectivity index (χ0) is 13.7. The van der Waals surface area contributed by atoms with Crippen LogP contribution in [0, 0.1) is 30.6 Å². The molecule has 18 heavy (non-hydrogen) atoms. The summed E-state index contributed by atoms with van der Waals surface area (Å²) in [4.78, 5) is 5.94. The third kappa shape index (κ3) is 2.00. The lowest BCUT2D eigenvalue weighted by Crippen LogP contribution is -2.40. The van der Waals surface area contributed by atoms with Gasteiger partial charge in [-0.05, 0) is 30.6 Å². The first-order valence-corrected chi connectivity index (χ1v) is 7.42. The van der Waals surface area contributed by atoms with Crippen LogP contribution in [-0.4, -0.2) is 11.0 Å². The largest absolute Gasteiger partial charge is 0.271 e. The number of nitrogens with zero attached hydrogens (tertiary/aromatic N) is 1. The molecule has 0 saturated heterocycles. The molecule has 1 aliphatic carbocycles. The zero-order valence-electron chi connectivity index (χ0n) is 12.3. The Morgan fingerprint density at radius 2 is 1.83 bits per heavy atom. The minimum absolute atomic E-state index is 0.319. The molecule has 1 aromatic rings. The van der Waals surface area contributed by atoms with Gasteiger partial charge in [0.05, 0.1) is 10.7 Å². The molecule has 2 rings (SSSR count). The number of aryl methyl sites for hydroxylation is 2. The van der Waals surface area contributed by atoms with Gasteiger partial charge in [-0.2, -0.15) is 0 Å². The Labute approximate surface area is 114 Å². The molecule has 1 atom stereocenters. The van der Waals surface area contributed by atoms with Crippen molar-refractivity contribution in [2.24, 2.45) is 22.6 Å². The van der Waals surface area contributed by atoms with Crippen molar-refractivity contribution in [3.63, 3.8) is 0 Å². The molecule has 1 unspecified atom stereocenters. The van der Waals surface area contributed by atoms with Crippen LogP contribution in [0.25, 0.3) is 0 Å². The Morgan fingerprint density at radius 3 is 2.17 bits per heavy atom. The molecule has 0 radical (unpaired) electrons. The lowest BCUT2D eigenvalue weighted by molar-refractivity contribution is 0.401. The molecule has 0 aromatic carbocycles. The monoisotopic (exact) mass is 267 g/mol. The zero-order valence-corrected chi connectivity index (χ0v) is 13.1. The summed E-state index contributed by atoms with van der Waals surface area (Å²) < 4.78 is 0. The number of hydrazine groups is 1. The minimum Gasteiger partial charge on any atom is -0.271 e. The third-order valence-electron chi connectivity index (χ3n) is 5.22. The SMILES string of the molecule is Cc1nc(CC(NN)C2C(C)(C)C2(C)C)sc1C. The van der Waals surface area contributed by atoms with Gasteiger partial charge in [0.15, 0.2) is 0 Å². The maximum Gasteiger partial charge on any atom is 0.0947 e. The van der Waals surface area contributed by atoms with Crippen molar-refractivity contribution in [3.05, 3.63) is 15.6 Å². The first-order valence-electron chi connectivity index (χ1n) is 6.61. The molecule has 1 aliphatic rings. The van der Waals surface area contributed by atoms with E-state index >= 15 is 0 Å². The van der Waals surface area contributed by atoms with Crippen molar-refractivity contribution >= 4 is 11.3 Å². The fourth-order valence-corrected chi connectivity index (χ4v) is 4.33. The van der Waals surface area contributed by atoms with Gasteiger partial charge in [-0.3, -0.25) is 11.3 Å². The molecule has 3 N–H and O–H groups in total. The second kappa shape index (κ2) is 4.29. The van der Waals surface area contributed by atoms with E-state index in [0.717, 1.165) is 12.1 Å². The van der Waals surface area contributed by atoms with Gasteiger partial charge >= 0.3 is 0 Å². The molecule has 0 amide bonds. The molecular weight excluding hydrogens is 242 g/mol. The molecule has 1 heterocycles. The van der Waals surface area contributed by atoms with Crippen LogP contribution >= 0.6 is 11.3 Å². The number of aromatic nitrogens is 1. The summed E-state index contributed by atoms with van der Waals surface area (Å²) in [5.74, 6) is 6.39. The summed E-state index contributed by atoms with van der Waals surface area (Å²) in [6.07, 6.45) is 0.938. The average Bonchev–Trinajstić information content (AvgIpc) is 2.52. The van der Waals surface area contributed by atoms with Gasteiger partial charge in [-0.15, -0.1) is 11.3 Å². The predicted molar refractivity (Wildman–Crippen MR) is 77.5 cm³/mol. The molecule has 0 bridgehead atoms. The molecule has 0 aliphatic heterocycles. The van der Waals surface area contributed by atoms with Crippen LogP contribution in [-0.2, 0) is 6.42 Å². The number of nitrogens with two attached hydrogens (primary N) is 1. The minimum atomic E-state index is 0.319. The van der Waals surface area contributed by atoms with Crippen LogP contribution in [0.5, 0.6) is 0 Å². The topological polar surface area (TPSA) is 50.9 Å². The van der Waals surface area contributed by atoms with Crippen LogP contribution in [0.2, 0.25) is 0 Å². The van der Waals surface area contributed by atoms with Gasteiger partial charge in [0.2, 0.25) is 0 Å². The van der Waals surface area contributed by atoms with E-state index in [1.807, 2.05) is 0 Å². The summed E-state index contributed by atoms with van der Waals surface area (Å²) in [6.45, 7) is 13.5.